The van der Waals surface area contributed by atoms with Gasteiger partial charge in [0.2, 0.25) is 0 Å². The molecule has 1 aromatic heterocycles. The van der Waals surface area contributed by atoms with E-state index >= 15 is 0 Å². The van der Waals surface area contributed by atoms with Crippen LogP contribution in [0.4, 0.5) is 14.5 Å². The van der Waals surface area contributed by atoms with Gasteiger partial charge < -0.3 is 15.6 Å². The molecule has 0 aromatic carbocycles. The molecule has 0 fully saturated rings. The van der Waals surface area contributed by atoms with Gasteiger partial charge in [0.1, 0.15) is 0 Å². The molecule has 0 amide bonds. The smallest absolute Gasteiger partial charge is 0.311 e. The van der Waals surface area contributed by atoms with Crippen molar-refractivity contribution < 1.29 is 23.4 Å². The van der Waals surface area contributed by atoms with Crippen LogP contribution in [-0.4, -0.2) is 23.2 Å². The van der Waals surface area contributed by atoms with Gasteiger partial charge in [0.25, 0.3) is 6.43 Å². The van der Waals surface area contributed by atoms with E-state index in [-0.39, 0.29) is 5.69 Å². The van der Waals surface area contributed by atoms with Crippen LogP contribution in [0.2, 0.25) is 0 Å². The first kappa shape index (κ1) is 12.2. The number of nitrogens with two attached hydrogens (primary N) is 1. The SMILES string of the molecule is COC(=O)Cc1ncc(O)c(N)c1C(F)F. The standard InChI is InChI=1S/C9H10F2N2O3/c1-16-6(15)2-4-7(9(10)11)8(12)5(14)3-13-4/h3,9,14H,2H2,1H3,(H2,12,13). The number of alkyl halides is 2. The van der Waals surface area contributed by atoms with E-state index in [1.165, 1.54) is 0 Å². The molecule has 0 saturated carbocycles. The van der Waals surface area contributed by atoms with Crippen molar-refractivity contribution in [1.82, 2.24) is 4.98 Å². The molecule has 1 heterocycles. The molecular weight excluding hydrogens is 222 g/mol. The lowest BCUT2D eigenvalue weighted by atomic mass is 10.1. The molecule has 0 saturated heterocycles. The summed E-state index contributed by atoms with van der Waals surface area (Å²) >= 11 is 0. The summed E-state index contributed by atoms with van der Waals surface area (Å²) in [6.07, 6.45) is -2.42. The van der Waals surface area contributed by atoms with Gasteiger partial charge in [0, 0.05) is 0 Å². The van der Waals surface area contributed by atoms with Gasteiger partial charge in [-0.2, -0.15) is 0 Å². The van der Waals surface area contributed by atoms with E-state index < -0.39 is 35.8 Å². The molecule has 5 nitrogen and oxygen atoms in total. The van der Waals surface area contributed by atoms with E-state index in [1.54, 1.807) is 0 Å². The van der Waals surface area contributed by atoms with Crippen molar-refractivity contribution in [1.29, 1.82) is 0 Å². The second kappa shape index (κ2) is 4.73. The average Bonchev–Trinajstić information content (AvgIpc) is 2.23. The molecule has 88 valence electrons. The Morgan fingerprint density at radius 2 is 2.31 bits per heavy atom. The number of methoxy groups -OCH3 is 1. The van der Waals surface area contributed by atoms with Crippen LogP contribution < -0.4 is 5.73 Å². The van der Waals surface area contributed by atoms with Gasteiger partial charge in [-0.05, 0) is 0 Å². The number of nitrogens with zero attached hydrogens (tertiary/aromatic N) is 1. The zero-order valence-corrected chi connectivity index (χ0v) is 8.41. The van der Waals surface area contributed by atoms with Crippen molar-refractivity contribution in [2.24, 2.45) is 0 Å². The number of carbonyl (C=O) groups is 1. The van der Waals surface area contributed by atoms with Crippen LogP contribution in [0.25, 0.3) is 0 Å². The quantitative estimate of drug-likeness (QED) is 0.760. The van der Waals surface area contributed by atoms with Crippen molar-refractivity contribution in [2.45, 2.75) is 12.8 Å². The molecular formula is C9H10F2N2O3. The highest BCUT2D eigenvalue weighted by Gasteiger charge is 2.22. The second-order valence-electron chi connectivity index (χ2n) is 2.97. The number of hydrogen-bond acceptors (Lipinski definition) is 5. The molecule has 0 bridgehead atoms. The van der Waals surface area contributed by atoms with Crippen molar-refractivity contribution in [3.8, 4) is 5.75 Å². The first-order valence-electron chi connectivity index (χ1n) is 4.28. The van der Waals surface area contributed by atoms with Gasteiger partial charge in [-0.1, -0.05) is 0 Å². The van der Waals surface area contributed by atoms with Gasteiger partial charge in [0.05, 0.1) is 36.7 Å². The van der Waals surface area contributed by atoms with Gasteiger partial charge in [0.15, 0.2) is 5.75 Å². The first-order chi connectivity index (χ1) is 7.47. The van der Waals surface area contributed by atoms with E-state index in [4.69, 9.17) is 10.8 Å². The number of anilines is 1. The summed E-state index contributed by atoms with van der Waals surface area (Å²) < 4.78 is 29.6. The van der Waals surface area contributed by atoms with Crippen LogP contribution in [0.15, 0.2) is 6.20 Å². The van der Waals surface area contributed by atoms with Gasteiger partial charge in [-0.3, -0.25) is 9.78 Å². The van der Waals surface area contributed by atoms with Crippen molar-refractivity contribution >= 4 is 11.7 Å². The number of hydrogen-bond donors (Lipinski definition) is 2. The summed E-state index contributed by atoms with van der Waals surface area (Å²) in [5.41, 5.74) is 3.98. The van der Waals surface area contributed by atoms with Gasteiger partial charge in [-0.15, -0.1) is 0 Å². The van der Waals surface area contributed by atoms with E-state index in [2.05, 4.69) is 9.72 Å². The maximum Gasteiger partial charge on any atom is 0.311 e. The summed E-state index contributed by atoms with van der Waals surface area (Å²) in [5, 5.41) is 9.13. The Bertz CT molecular complexity index is 410. The fourth-order valence-electron chi connectivity index (χ4n) is 1.16. The van der Waals surface area contributed by atoms with Crippen molar-refractivity contribution in [2.75, 3.05) is 12.8 Å². The molecule has 0 aliphatic heterocycles. The van der Waals surface area contributed by atoms with E-state index in [0.29, 0.717) is 0 Å². The topological polar surface area (TPSA) is 85.4 Å². The highest BCUT2D eigenvalue weighted by molar-refractivity contribution is 5.73. The lowest BCUT2D eigenvalue weighted by molar-refractivity contribution is -0.139. The molecule has 0 aliphatic rings. The summed E-state index contributed by atoms with van der Waals surface area (Å²) in [5.74, 6) is -1.25. The number of ether oxygens (including phenoxy) is 1. The summed E-state index contributed by atoms with van der Waals surface area (Å²) in [7, 11) is 1.13. The largest absolute Gasteiger partial charge is 0.504 e. The summed E-state index contributed by atoms with van der Waals surface area (Å²) in [6, 6.07) is 0. The third-order valence-electron chi connectivity index (χ3n) is 1.98. The predicted octanol–water partition coefficient (Wildman–Crippen LogP) is 1.02. The molecule has 0 aliphatic carbocycles. The summed E-state index contributed by atoms with van der Waals surface area (Å²) in [6.45, 7) is 0. The van der Waals surface area contributed by atoms with Crippen molar-refractivity contribution in [3.05, 3.63) is 17.5 Å². The third-order valence-corrected chi connectivity index (χ3v) is 1.98. The lowest BCUT2D eigenvalue weighted by Crippen LogP contribution is -2.11. The first-order valence-corrected chi connectivity index (χ1v) is 4.28. The normalized spacial score (nSPS) is 10.5. The molecule has 0 unspecified atom stereocenters. The minimum absolute atomic E-state index is 0.197. The zero-order valence-electron chi connectivity index (χ0n) is 8.41. The fourth-order valence-corrected chi connectivity index (χ4v) is 1.16. The minimum Gasteiger partial charge on any atom is -0.504 e. The number of nitrogen functional groups attached to an aromatic ring is 1. The fraction of sp³-hybridized carbons (Fsp3) is 0.333. The van der Waals surface area contributed by atoms with Crippen LogP contribution >= 0.6 is 0 Å². The molecule has 0 spiro atoms. The average molecular weight is 232 g/mol. The number of pyridine rings is 1. The maximum atomic E-state index is 12.6. The highest BCUT2D eigenvalue weighted by Crippen LogP contribution is 2.33. The molecule has 16 heavy (non-hydrogen) atoms. The highest BCUT2D eigenvalue weighted by atomic mass is 19.3. The number of aromatic nitrogens is 1. The monoisotopic (exact) mass is 232 g/mol. The number of carbonyl (C=O) groups excluding carboxylic acids is 1. The Kier molecular flexibility index (Phi) is 3.60. The number of halogens is 2. The van der Waals surface area contributed by atoms with Crippen molar-refractivity contribution in [3.63, 3.8) is 0 Å². The third kappa shape index (κ3) is 2.36. The van der Waals surface area contributed by atoms with E-state index in [1.807, 2.05) is 0 Å². The zero-order chi connectivity index (χ0) is 12.3. The molecule has 0 atom stereocenters. The Labute approximate surface area is 89.9 Å². The van der Waals surface area contributed by atoms with E-state index in [9.17, 15) is 13.6 Å². The van der Waals surface area contributed by atoms with Gasteiger partial charge in [-0.25, -0.2) is 8.78 Å². The molecule has 7 heteroatoms. The van der Waals surface area contributed by atoms with E-state index in [0.717, 1.165) is 13.3 Å². The lowest BCUT2D eigenvalue weighted by Gasteiger charge is -2.10. The molecule has 3 N–H and O–H groups in total. The maximum absolute atomic E-state index is 12.6. The van der Waals surface area contributed by atoms with Crippen LogP contribution in [0, 0.1) is 0 Å². The van der Waals surface area contributed by atoms with Gasteiger partial charge >= 0.3 is 5.97 Å². The Balaban J connectivity index is 3.18. The molecule has 0 radical (unpaired) electrons. The van der Waals surface area contributed by atoms with Crippen LogP contribution in [-0.2, 0) is 16.0 Å². The Morgan fingerprint density at radius 1 is 1.69 bits per heavy atom. The Hall–Kier alpha value is -1.92. The number of aromatic hydroxyl groups is 1. The number of rotatable bonds is 3. The minimum atomic E-state index is -2.92. The van der Waals surface area contributed by atoms with Crippen LogP contribution in [0.5, 0.6) is 5.75 Å². The number of esters is 1. The summed E-state index contributed by atoms with van der Waals surface area (Å²) in [4.78, 5) is 14.5. The Morgan fingerprint density at radius 3 is 2.81 bits per heavy atom. The predicted molar refractivity (Wildman–Crippen MR) is 51.0 cm³/mol. The second-order valence-corrected chi connectivity index (χ2v) is 2.97. The molecule has 1 aromatic rings. The van der Waals surface area contributed by atoms with Crippen LogP contribution in [0.3, 0.4) is 0 Å². The molecule has 1 rings (SSSR count). The van der Waals surface area contributed by atoms with Crippen LogP contribution in [0.1, 0.15) is 17.7 Å².